The SMILES string of the molecule is O=C(NCC(c1ccccc1)c1ccccc1)c1ccn[nH]1. The lowest BCUT2D eigenvalue weighted by Crippen LogP contribution is -2.29. The van der Waals surface area contributed by atoms with Gasteiger partial charge < -0.3 is 5.32 Å². The summed E-state index contributed by atoms with van der Waals surface area (Å²) in [4.78, 5) is 12.1. The van der Waals surface area contributed by atoms with Crippen molar-refractivity contribution in [2.24, 2.45) is 0 Å². The van der Waals surface area contributed by atoms with Gasteiger partial charge in [-0.25, -0.2) is 0 Å². The van der Waals surface area contributed by atoms with Crippen LogP contribution in [-0.2, 0) is 0 Å². The second-order valence-electron chi connectivity index (χ2n) is 5.05. The molecule has 0 saturated carbocycles. The quantitative estimate of drug-likeness (QED) is 0.759. The second kappa shape index (κ2) is 6.72. The van der Waals surface area contributed by atoms with Crippen molar-refractivity contribution in [3.8, 4) is 0 Å². The highest BCUT2D eigenvalue weighted by atomic mass is 16.1. The molecule has 1 aromatic heterocycles. The van der Waals surface area contributed by atoms with Crippen molar-refractivity contribution in [2.45, 2.75) is 5.92 Å². The van der Waals surface area contributed by atoms with Gasteiger partial charge in [-0.15, -0.1) is 0 Å². The minimum Gasteiger partial charge on any atom is -0.350 e. The van der Waals surface area contributed by atoms with Crippen molar-refractivity contribution >= 4 is 5.91 Å². The molecule has 1 heterocycles. The summed E-state index contributed by atoms with van der Waals surface area (Å²) in [5.74, 6) is -0.0244. The number of aromatic amines is 1. The number of benzene rings is 2. The van der Waals surface area contributed by atoms with E-state index >= 15 is 0 Å². The molecule has 0 unspecified atom stereocenters. The summed E-state index contributed by atoms with van der Waals surface area (Å²) in [5.41, 5.74) is 2.83. The molecular weight excluding hydrogens is 274 g/mol. The van der Waals surface area contributed by atoms with E-state index in [1.54, 1.807) is 12.3 Å². The van der Waals surface area contributed by atoms with Crippen molar-refractivity contribution < 1.29 is 4.79 Å². The summed E-state index contributed by atoms with van der Waals surface area (Å²) in [6, 6.07) is 22.0. The molecule has 0 bridgehead atoms. The van der Waals surface area contributed by atoms with Crippen LogP contribution in [-0.4, -0.2) is 22.6 Å². The highest BCUT2D eigenvalue weighted by Crippen LogP contribution is 2.23. The van der Waals surface area contributed by atoms with E-state index in [0.29, 0.717) is 12.2 Å². The first-order valence-electron chi connectivity index (χ1n) is 7.22. The monoisotopic (exact) mass is 291 g/mol. The van der Waals surface area contributed by atoms with E-state index < -0.39 is 0 Å². The Hall–Kier alpha value is -2.88. The zero-order chi connectivity index (χ0) is 15.2. The second-order valence-corrected chi connectivity index (χ2v) is 5.05. The molecule has 2 N–H and O–H groups in total. The van der Waals surface area contributed by atoms with E-state index in [-0.39, 0.29) is 11.8 Å². The summed E-state index contributed by atoms with van der Waals surface area (Å²) in [6.45, 7) is 0.534. The van der Waals surface area contributed by atoms with Gasteiger partial charge >= 0.3 is 0 Å². The van der Waals surface area contributed by atoms with E-state index in [1.807, 2.05) is 36.4 Å². The van der Waals surface area contributed by atoms with Crippen LogP contribution in [0.5, 0.6) is 0 Å². The highest BCUT2D eigenvalue weighted by molar-refractivity contribution is 5.92. The summed E-state index contributed by atoms with van der Waals surface area (Å²) in [7, 11) is 0. The summed E-state index contributed by atoms with van der Waals surface area (Å²) in [6.07, 6.45) is 1.57. The molecule has 0 saturated heterocycles. The Labute approximate surface area is 129 Å². The Morgan fingerprint density at radius 2 is 1.55 bits per heavy atom. The van der Waals surface area contributed by atoms with Crippen LogP contribution >= 0.6 is 0 Å². The molecule has 110 valence electrons. The Balaban J connectivity index is 1.79. The maximum absolute atomic E-state index is 12.1. The Morgan fingerprint density at radius 1 is 0.955 bits per heavy atom. The maximum Gasteiger partial charge on any atom is 0.269 e. The number of hydrogen-bond donors (Lipinski definition) is 2. The van der Waals surface area contributed by atoms with Crippen LogP contribution in [0.4, 0.5) is 0 Å². The van der Waals surface area contributed by atoms with Gasteiger partial charge in [-0.2, -0.15) is 5.10 Å². The van der Waals surface area contributed by atoms with E-state index in [9.17, 15) is 4.79 Å². The minimum atomic E-state index is -0.144. The number of nitrogens with one attached hydrogen (secondary N) is 2. The molecule has 0 atom stereocenters. The molecule has 0 fully saturated rings. The van der Waals surface area contributed by atoms with Crippen LogP contribution in [0.3, 0.4) is 0 Å². The predicted octanol–water partition coefficient (Wildman–Crippen LogP) is 2.97. The van der Waals surface area contributed by atoms with Crippen LogP contribution in [0.1, 0.15) is 27.5 Å². The van der Waals surface area contributed by atoms with E-state index in [0.717, 1.165) is 0 Å². The van der Waals surface area contributed by atoms with Crippen LogP contribution < -0.4 is 5.32 Å². The van der Waals surface area contributed by atoms with Crippen LogP contribution in [0.2, 0.25) is 0 Å². The number of carbonyl (C=O) groups excluding carboxylic acids is 1. The number of amides is 1. The fourth-order valence-corrected chi connectivity index (χ4v) is 2.47. The van der Waals surface area contributed by atoms with E-state index in [1.165, 1.54) is 11.1 Å². The van der Waals surface area contributed by atoms with Crippen LogP contribution in [0.15, 0.2) is 72.9 Å². The number of hydrogen-bond acceptors (Lipinski definition) is 2. The number of nitrogens with zero attached hydrogens (tertiary/aromatic N) is 1. The minimum absolute atomic E-state index is 0.120. The molecule has 3 aromatic rings. The molecule has 1 amide bonds. The molecule has 22 heavy (non-hydrogen) atoms. The number of rotatable bonds is 5. The fourth-order valence-electron chi connectivity index (χ4n) is 2.47. The van der Waals surface area contributed by atoms with Crippen LogP contribution in [0.25, 0.3) is 0 Å². The topological polar surface area (TPSA) is 57.8 Å². The molecule has 0 radical (unpaired) electrons. The molecule has 0 aliphatic carbocycles. The largest absolute Gasteiger partial charge is 0.350 e. The maximum atomic E-state index is 12.1. The van der Waals surface area contributed by atoms with Crippen molar-refractivity contribution in [1.82, 2.24) is 15.5 Å². The normalized spacial score (nSPS) is 10.6. The van der Waals surface area contributed by atoms with Crippen molar-refractivity contribution in [3.63, 3.8) is 0 Å². The molecule has 0 spiro atoms. The lowest BCUT2D eigenvalue weighted by molar-refractivity contribution is 0.0947. The van der Waals surface area contributed by atoms with Crippen molar-refractivity contribution in [1.29, 1.82) is 0 Å². The number of aromatic nitrogens is 2. The molecule has 0 aliphatic rings. The summed E-state index contributed by atoms with van der Waals surface area (Å²) < 4.78 is 0. The fraction of sp³-hybridized carbons (Fsp3) is 0.111. The summed E-state index contributed by atoms with van der Waals surface area (Å²) in [5, 5.41) is 9.45. The third kappa shape index (κ3) is 3.23. The van der Waals surface area contributed by atoms with Gasteiger partial charge in [0.1, 0.15) is 5.69 Å². The Bertz CT molecular complexity index is 669. The number of H-pyrrole nitrogens is 1. The molecule has 3 rings (SSSR count). The molecule has 2 aromatic carbocycles. The van der Waals surface area contributed by atoms with Crippen molar-refractivity contribution in [2.75, 3.05) is 6.54 Å². The molecule has 0 aliphatic heterocycles. The third-order valence-electron chi connectivity index (χ3n) is 3.62. The van der Waals surface area contributed by atoms with Gasteiger partial charge in [-0.3, -0.25) is 9.89 Å². The van der Waals surface area contributed by atoms with Gasteiger partial charge in [0, 0.05) is 18.7 Å². The van der Waals surface area contributed by atoms with E-state index in [4.69, 9.17) is 0 Å². The van der Waals surface area contributed by atoms with Gasteiger partial charge in [-0.05, 0) is 17.2 Å². The molecule has 4 heteroatoms. The van der Waals surface area contributed by atoms with Gasteiger partial charge in [0.05, 0.1) is 0 Å². The lowest BCUT2D eigenvalue weighted by atomic mass is 9.91. The smallest absolute Gasteiger partial charge is 0.269 e. The standard InChI is InChI=1S/C18H17N3O/c22-18(17-11-12-20-21-17)19-13-16(14-7-3-1-4-8-14)15-9-5-2-6-10-15/h1-12,16H,13H2,(H,19,22)(H,20,21). The average Bonchev–Trinajstić information content (AvgIpc) is 3.11. The predicted molar refractivity (Wildman–Crippen MR) is 85.6 cm³/mol. The molecular formula is C18H17N3O. The van der Waals surface area contributed by atoms with Gasteiger partial charge in [0.2, 0.25) is 0 Å². The first-order valence-corrected chi connectivity index (χ1v) is 7.22. The van der Waals surface area contributed by atoms with Gasteiger partial charge in [0.15, 0.2) is 0 Å². The Kier molecular flexibility index (Phi) is 4.30. The van der Waals surface area contributed by atoms with Gasteiger partial charge in [0.25, 0.3) is 5.91 Å². The van der Waals surface area contributed by atoms with Crippen LogP contribution in [0, 0.1) is 0 Å². The van der Waals surface area contributed by atoms with Gasteiger partial charge in [-0.1, -0.05) is 60.7 Å². The summed E-state index contributed by atoms with van der Waals surface area (Å²) >= 11 is 0. The van der Waals surface area contributed by atoms with Crippen molar-refractivity contribution in [3.05, 3.63) is 89.7 Å². The average molecular weight is 291 g/mol. The number of carbonyl (C=O) groups is 1. The zero-order valence-electron chi connectivity index (χ0n) is 12.1. The highest BCUT2D eigenvalue weighted by Gasteiger charge is 2.16. The third-order valence-corrected chi connectivity index (χ3v) is 3.62. The first kappa shape index (κ1) is 14.1. The Morgan fingerprint density at radius 3 is 2.05 bits per heavy atom. The zero-order valence-corrected chi connectivity index (χ0v) is 12.1. The molecule has 4 nitrogen and oxygen atoms in total. The first-order chi connectivity index (χ1) is 10.8. The lowest BCUT2D eigenvalue weighted by Gasteiger charge is -2.18. The van der Waals surface area contributed by atoms with E-state index in [2.05, 4.69) is 39.8 Å².